The Hall–Kier alpha value is -2.47. The Morgan fingerprint density at radius 1 is 1.48 bits per heavy atom. The summed E-state index contributed by atoms with van der Waals surface area (Å²) in [5.74, 6) is -0.788. The van der Waals surface area contributed by atoms with E-state index < -0.39 is 18.0 Å². The van der Waals surface area contributed by atoms with Gasteiger partial charge in [-0.3, -0.25) is 9.59 Å². The Balaban J connectivity index is 1.95. The molecule has 2 heterocycles. The highest BCUT2D eigenvalue weighted by Crippen LogP contribution is 2.36. The van der Waals surface area contributed by atoms with E-state index in [1.807, 2.05) is 53.0 Å². The van der Waals surface area contributed by atoms with Crippen molar-refractivity contribution in [1.82, 2.24) is 4.57 Å². The van der Waals surface area contributed by atoms with Crippen LogP contribution in [0.5, 0.6) is 0 Å². The van der Waals surface area contributed by atoms with Crippen LogP contribution in [0.3, 0.4) is 0 Å². The van der Waals surface area contributed by atoms with Gasteiger partial charge in [0.05, 0.1) is 11.5 Å². The van der Waals surface area contributed by atoms with Crippen molar-refractivity contribution in [2.24, 2.45) is 13.0 Å². The Morgan fingerprint density at radius 3 is 3.00 bits per heavy atom. The molecule has 1 N–H and O–H groups in total. The molecule has 2 unspecified atom stereocenters. The second kappa shape index (κ2) is 7.19. The van der Waals surface area contributed by atoms with Crippen LogP contribution >= 0.6 is 0 Å². The number of hydrogen-bond donors (Lipinski definition) is 1. The van der Waals surface area contributed by atoms with Crippen LogP contribution in [0.25, 0.3) is 0 Å². The van der Waals surface area contributed by atoms with Crippen LogP contribution in [0.2, 0.25) is 0 Å². The molecular weight excluding hydrogens is 320 g/mol. The number of pyridine rings is 1. The van der Waals surface area contributed by atoms with Crippen molar-refractivity contribution >= 4 is 11.8 Å². The molecule has 25 heavy (non-hydrogen) atoms. The third kappa shape index (κ3) is 3.49. The van der Waals surface area contributed by atoms with E-state index in [2.05, 4.69) is 0 Å². The van der Waals surface area contributed by atoms with E-state index in [1.165, 1.54) is 6.92 Å². The molecule has 1 aliphatic carbocycles. The van der Waals surface area contributed by atoms with Crippen LogP contribution in [0.4, 0.5) is 0 Å². The molecule has 0 amide bonds. The summed E-state index contributed by atoms with van der Waals surface area (Å²) in [6, 6.07) is 5.53. The van der Waals surface area contributed by atoms with E-state index in [0.29, 0.717) is 13.0 Å². The molecule has 2 atom stereocenters. The summed E-state index contributed by atoms with van der Waals surface area (Å²) in [6.45, 7) is 1.82. The number of fused-ring (bicyclic) bond motifs is 1. The van der Waals surface area contributed by atoms with Crippen LogP contribution in [-0.4, -0.2) is 28.0 Å². The molecule has 2 aromatic heterocycles. The second-order valence-electron chi connectivity index (χ2n) is 6.43. The third-order valence-electron chi connectivity index (χ3n) is 4.72. The zero-order valence-corrected chi connectivity index (χ0v) is 14.5. The number of esters is 1. The lowest BCUT2D eigenvalue weighted by Crippen LogP contribution is -2.37. The predicted molar refractivity (Wildman–Crippen MR) is 89.8 cm³/mol. The number of ether oxygens (including phenoxy) is 1. The van der Waals surface area contributed by atoms with Crippen LogP contribution in [-0.2, 0) is 29.5 Å². The number of aromatic nitrogens is 2. The number of aliphatic hydroxyl groups is 1. The smallest absolute Gasteiger partial charge is 0.303 e. The lowest BCUT2D eigenvalue weighted by atomic mass is 9.80. The summed E-state index contributed by atoms with van der Waals surface area (Å²) in [5, 5.41) is 9.13. The summed E-state index contributed by atoms with van der Waals surface area (Å²) >= 11 is 0. The van der Waals surface area contributed by atoms with E-state index in [4.69, 9.17) is 9.84 Å². The monoisotopic (exact) mass is 343 g/mol. The summed E-state index contributed by atoms with van der Waals surface area (Å²) in [6.07, 6.45) is 6.35. The van der Waals surface area contributed by atoms with Gasteiger partial charge >= 0.3 is 5.97 Å². The van der Waals surface area contributed by atoms with Gasteiger partial charge in [-0.15, -0.1) is 0 Å². The number of carbonyl (C=O) groups is 2. The van der Waals surface area contributed by atoms with Gasteiger partial charge < -0.3 is 14.4 Å². The topological polar surface area (TPSA) is 72.4 Å². The summed E-state index contributed by atoms with van der Waals surface area (Å²) in [7, 11) is 1.94. The zero-order valence-electron chi connectivity index (χ0n) is 14.5. The highest BCUT2D eigenvalue weighted by molar-refractivity contribution is 6.00. The van der Waals surface area contributed by atoms with Crippen molar-refractivity contribution in [3.63, 3.8) is 0 Å². The molecule has 6 nitrogen and oxygen atoms in total. The first-order chi connectivity index (χ1) is 12.0. The minimum atomic E-state index is -0.621. The van der Waals surface area contributed by atoms with Crippen molar-refractivity contribution in [3.05, 3.63) is 53.6 Å². The minimum Gasteiger partial charge on any atom is -0.457 e. The van der Waals surface area contributed by atoms with E-state index in [-0.39, 0.29) is 12.4 Å². The summed E-state index contributed by atoms with van der Waals surface area (Å²) in [5.41, 5.74) is 2.52. The molecule has 1 aliphatic rings. The average molecular weight is 343 g/mol. The zero-order chi connectivity index (χ0) is 18.0. The van der Waals surface area contributed by atoms with Gasteiger partial charge in [0.25, 0.3) is 0 Å². The number of ketones is 1. The second-order valence-corrected chi connectivity index (χ2v) is 6.43. The molecule has 0 saturated carbocycles. The number of aryl methyl sites for hydroxylation is 1. The molecule has 2 aromatic rings. The molecule has 0 spiro atoms. The van der Waals surface area contributed by atoms with Crippen LogP contribution in [0.15, 0.2) is 36.8 Å². The molecule has 0 radical (unpaired) electrons. The van der Waals surface area contributed by atoms with Gasteiger partial charge in [0.1, 0.15) is 12.7 Å². The summed E-state index contributed by atoms with van der Waals surface area (Å²) < 4.78 is 9.36. The van der Waals surface area contributed by atoms with Crippen molar-refractivity contribution in [2.45, 2.75) is 32.4 Å². The fourth-order valence-corrected chi connectivity index (χ4v) is 3.54. The van der Waals surface area contributed by atoms with E-state index >= 15 is 0 Å². The number of Topliss-reactive ketones (excluding diaryl/α,β-unsaturated/α-hetero) is 1. The number of carbonyl (C=O) groups excluding carboxylic acids is 2. The normalized spacial score (nSPS) is 17.9. The molecular formula is C19H23N2O4+. The van der Waals surface area contributed by atoms with Gasteiger partial charge in [0.15, 0.2) is 24.7 Å². The lowest BCUT2D eigenvalue weighted by molar-refractivity contribution is -0.698. The fourth-order valence-electron chi connectivity index (χ4n) is 3.54. The van der Waals surface area contributed by atoms with Gasteiger partial charge in [0, 0.05) is 37.5 Å². The first kappa shape index (κ1) is 17.4. The van der Waals surface area contributed by atoms with Gasteiger partial charge in [-0.05, 0) is 25.0 Å². The van der Waals surface area contributed by atoms with E-state index in [1.54, 1.807) is 0 Å². The number of nitrogens with zero attached hydrogens (tertiary/aromatic N) is 2. The Kier molecular flexibility index (Phi) is 4.99. The van der Waals surface area contributed by atoms with Crippen molar-refractivity contribution < 1.29 is 24.0 Å². The Morgan fingerprint density at radius 2 is 2.28 bits per heavy atom. The molecule has 3 rings (SSSR count). The molecule has 132 valence electrons. The number of aliphatic hydroxyl groups excluding tert-OH is 1. The van der Waals surface area contributed by atoms with Gasteiger partial charge in [-0.1, -0.05) is 0 Å². The molecule has 6 heteroatoms. The maximum Gasteiger partial charge on any atom is 0.303 e. The predicted octanol–water partition coefficient (Wildman–Crippen LogP) is 1.35. The fraction of sp³-hybridized carbons (Fsp3) is 0.421. The van der Waals surface area contributed by atoms with Gasteiger partial charge in [-0.25, -0.2) is 4.57 Å². The highest BCUT2D eigenvalue weighted by atomic mass is 16.5. The minimum absolute atomic E-state index is 0.0160. The first-order valence-electron chi connectivity index (χ1n) is 8.46. The molecule has 0 aliphatic heterocycles. The molecule has 0 fully saturated rings. The van der Waals surface area contributed by atoms with E-state index in [9.17, 15) is 9.59 Å². The van der Waals surface area contributed by atoms with Gasteiger partial charge in [-0.2, -0.15) is 0 Å². The lowest BCUT2D eigenvalue weighted by Gasteiger charge is -2.28. The maximum absolute atomic E-state index is 13.0. The van der Waals surface area contributed by atoms with Crippen LogP contribution in [0, 0.1) is 5.92 Å². The van der Waals surface area contributed by atoms with Crippen LogP contribution in [0.1, 0.15) is 41.1 Å². The van der Waals surface area contributed by atoms with Crippen LogP contribution < -0.4 is 4.57 Å². The number of hydrogen-bond acceptors (Lipinski definition) is 4. The van der Waals surface area contributed by atoms with Crippen molar-refractivity contribution in [2.75, 3.05) is 6.61 Å². The SMILES string of the molecule is CC(=O)OC(c1ccc[n+](CCO)c1)C1CCc2c(ccn2C)C1=O. The molecule has 0 saturated heterocycles. The van der Waals surface area contributed by atoms with Gasteiger partial charge in [0.2, 0.25) is 0 Å². The quantitative estimate of drug-likeness (QED) is 0.657. The molecule has 0 aromatic carbocycles. The average Bonchev–Trinajstić information content (AvgIpc) is 2.96. The third-order valence-corrected chi connectivity index (χ3v) is 4.72. The maximum atomic E-state index is 13.0. The highest BCUT2D eigenvalue weighted by Gasteiger charge is 2.38. The largest absolute Gasteiger partial charge is 0.457 e. The standard InChI is InChI=1S/C19H23N2O4/c1-13(23)25-19(14-4-3-8-21(12-14)10-11-22)16-5-6-17-15(18(16)24)7-9-20(17)2/h3-4,7-9,12,16,19,22H,5-6,10-11H2,1-2H3/q+1. The number of rotatable bonds is 5. The summed E-state index contributed by atoms with van der Waals surface area (Å²) in [4.78, 5) is 24.6. The Bertz CT molecular complexity index is 796. The van der Waals surface area contributed by atoms with Crippen molar-refractivity contribution in [3.8, 4) is 0 Å². The van der Waals surface area contributed by atoms with E-state index in [0.717, 1.165) is 23.2 Å². The first-order valence-corrected chi connectivity index (χ1v) is 8.46. The van der Waals surface area contributed by atoms with Crippen molar-refractivity contribution in [1.29, 1.82) is 0 Å². The Labute approximate surface area is 146 Å². The molecule has 0 bridgehead atoms.